The van der Waals surface area contributed by atoms with Crippen LogP contribution in [-0.4, -0.2) is 22.3 Å². The summed E-state index contributed by atoms with van der Waals surface area (Å²) in [6, 6.07) is 10.2. The van der Waals surface area contributed by atoms with Gasteiger partial charge in [-0.15, -0.1) is 30.6 Å². The number of nitrogens with two attached hydrogens (primary N) is 1. The van der Waals surface area contributed by atoms with Gasteiger partial charge in [-0.3, -0.25) is 4.68 Å². The predicted molar refractivity (Wildman–Crippen MR) is 96.7 cm³/mol. The van der Waals surface area contributed by atoms with Gasteiger partial charge in [-0.2, -0.15) is 5.10 Å². The van der Waals surface area contributed by atoms with Crippen molar-refractivity contribution >= 4 is 29.9 Å². The first-order chi connectivity index (χ1) is 9.78. The molecular formula is C15H20IN5. The van der Waals surface area contributed by atoms with E-state index in [1.54, 1.807) is 6.08 Å². The van der Waals surface area contributed by atoms with Gasteiger partial charge < -0.3 is 11.1 Å². The third-order valence-corrected chi connectivity index (χ3v) is 2.73. The highest BCUT2D eigenvalue weighted by Gasteiger charge is 1.99. The summed E-state index contributed by atoms with van der Waals surface area (Å²) in [7, 11) is 0. The number of aliphatic imine (C=N–C) groups is 1. The molecule has 0 saturated carbocycles. The van der Waals surface area contributed by atoms with Crippen molar-refractivity contribution in [1.82, 2.24) is 15.1 Å². The average molecular weight is 397 g/mol. The van der Waals surface area contributed by atoms with E-state index in [2.05, 4.69) is 34.1 Å². The molecule has 0 aliphatic heterocycles. The lowest BCUT2D eigenvalue weighted by molar-refractivity contribution is 0.686. The lowest BCUT2D eigenvalue weighted by Crippen LogP contribution is -2.31. The number of nitrogens with zero attached hydrogens (tertiary/aromatic N) is 3. The molecular weight excluding hydrogens is 377 g/mol. The van der Waals surface area contributed by atoms with E-state index in [0.29, 0.717) is 19.0 Å². The van der Waals surface area contributed by atoms with Crippen LogP contribution in [0.4, 0.5) is 0 Å². The second kappa shape index (κ2) is 9.17. The molecule has 1 aromatic carbocycles. The fraction of sp³-hybridized carbons (Fsp3) is 0.200. The van der Waals surface area contributed by atoms with Gasteiger partial charge in [-0.1, -0.05) is 36.4 Å². The van der Waals surface area contributed by atoms with Crippen LogP contribution < -0.4 is 11.1 Å². The lowest BCUT2D eigenvalue weighted by atomic mass is 10.2. The molecule has 0 saturated heterocycles. The maximum atomic E-state index is 5.70. The Kier molecular flexibility index (Phi) is 7.52. The zero-order valence-corrected chi connectivity index (χ0v) is 14.1. The van der Waals surface area contributed by atoms with Gasteiger partial charge in [0.05, 0.1) is 19.3 Å². The summed E-state index contributed by atoms with van der Waals surface area (Å²) in [5.74, 6) is 0.417. The fourth-order valence-corrected chi connectivity index (χ4v) is 1.75. The van der Waals surface area contributed by atoms with Crippen LogP contribution in [0.5, 0.6) is 0 Å². The minimum atomic E-state index is 0. The van der Waals surface area contributed by atoms with Crippen molar-refractivity contribution in [3.8, 4) is 0 Å². The minimum absolute atomic E-state index is 0. The fourth-order valence-electron chi connectivity index (χ4n) is 1.75. The largest absolute Gasteiger partial charge is 0.370 e. The topological polar surface area (TPSA) is 68.2 Å². The number of nitrogens with one attached hydrogen (secondary N) is 1. The van der Waals surface area contributed by atoms with Crippen molar-refractivity contribution in [2.24, 2.45) is 10.7 Å². The van der Waals surface area contributed by atoms with Crippen LogP contribution in [0.2, 0.25) is 0 Å². The summed E-state index contributed by atoms with van der Waals surface area (Å²) in [6.45, 7) is 5.50. The monoisotopic (exact) mass is 397 g/mol. The molecule has 0 unspecified atom stereocenters. The Morgan fingerprint density at radius 1 is 1.33 bits per heavy atom. The number of aromatic nitrogens is 2. The number of halogens is 1. The van der Waals surface area contributed by atoms with Gasteiger partial charge in [0.2, 0.25) is 0 Å². The van der Waals surface area contributed by atoms with Crippen LogP contribution >= 0.6 is 24.0 Å². The van der Waals surface area contributed by atoms with E-state index in [1.165, 1.54) is 5.56 Å². The van der Waals surface area contributed by atoms with E-state index in [9.17, 15) is 0 Å². The Labute approximate surface area is 142 Å². The molecule has 2 aromatic rings. The molecule has 3 N–H and O–H groups in total. The first-order valence-corrected chi connectivity index (χ1v) is 6.48. The van der Waals surface area contributed by atoms with E-state index in [1.807, 2.05) is 35.3 Å². The van der Waals surface area contributed by atoms with Crippen molar-refractivity contribution in [2.75, 3.05) is 6.54 Å². The van der Waals surface area contributed by atoms with Crippen molar-refractivity contribution in [3.05, 3.63) is 66.5 Å². The molecule has 0 amide bonds. The Hall–Kier alpha value is -1.83. The van der Waals surface area contributed by atoms with E-state index in [4.69, 9.17) is 5.73 Å². The average Bonchev–Trinajstić information content (AvgIpc) is 2.91. The summed E-state index contributed by atoms with van der Waals surface area (Å²) >= 11 is 0. The second-order valence-corrected chi connectivity index (χ2v) is 4.40. The molecule has 1 heterocycles. The zero-order chi connectivity index (χ0) is 14.2. The molecule has 0 fully saturated rings. The summed E-state index contributed by atoms with van der Waals surface area (Å²) in [6.07, 6.45) is 5.53. The molecule has 0 aliphatic rings. The summed E-state index contributed by atoms with van der Waals surface area (Å²) < 4.78 is 1.90. The van der Waals surface area contributed by atoms with Crippen molar-refractivity contribution in [3.63, 3.8) is 0 Å². The third kappa shape index (κ3) is 5.99. The maximum absolute atomic E-state index is 5.70. The van der Waals surface area contributed by atoms with Gasteiger partial charge in [0.25, 0.3) is 0 Å². The molecule has 0 spiro atoms. The standard InChI is InChI=1S/C15H19N5.HI/c1-2-8-17-15(16)18-9-14-10-19-20(12-14)11-13-6-4-3-5-7-13;/h2-7,10,12H,1,8-9,11H2,(H3,16,17,18);1H. The summed E-state index contributed by atoms with van der Waals surface area (Å²) in [4.78, 5) is 4.23. The molecule has 5 nitrogen and oxygen atoms in total. The molecule has 112 valence electrons. The second-order valence-electron chi connectivity index (χ2n) is 4.40. The first-order valence-electron chi connectivity index (χ1n) is 6.48. The van der Waals surface area contributed by atoms with Crippen molar-refractivity contribution in [1.29, 1.82) is 0 Å². The highest BCUT2D eigenvalue weighted by Crippen LogP contribution is 2.04. The summed E-state index contributed by atoms with van der Waals surface area (Å²) in [5, 5.41) is 7.25. The van der Waals surface area contributed by atoms with Crippen LogP contribution in [-0.2, 0) is 13.1 Å². The first kappa shape index (κ1) is 17.2. The van der Waals surface area contributed by atoms with E-state index in [0.717, 1.165) is 12.1 Å². The van der Waals surface area contributed by atoms with Crippen LogP contribution in [0.1, 0.15) is 11.1 Å². The molecule has 0 atom stereocenters. The van der Waals surface area contributed by atoms with Gasteiger partial charge in [0.15, 0.2) is 5.96 Å². The summed E-state index contributed by atoms with van der Waals surface area (Å²) in [5.41, 5.74) is 7.95. The van der Waals surface area contributed by atoms with Crippen molar-refractivity contribution < 1.29 is 0 Å². The highest BCUT2D eigenvalue weighted by molar-refractivity contribution is 14.0. The molecule has 0 radical (unpaired) electrons. The Bertz CT molecular complexity index is 577. The van der Waals surface area contributed by atoms with Crippen LogP contribution in [0.25, 0.3) is 0 Å². The predicted octanol–water partition coefficient (Wildman–Crippen LogP) is 2.14. The van der Waals surface area contributed by atoms with Gasteiger partial charge in [0, 0.05) is 18.3 Å². The number of guanidine groups is 1. The van der Waals surface area contributed by atoms with Gasteiger partial charge >= 0.3 is 0 Å². The Balaban J connectivity index is 0.00000220. The van der Waals surface area contributed by atoms with Crippen LogP contribution in [0.3, 0.4) is 0 Å². The van der Waals surface area contributed by atoms with Gasteiger partial charge in [-0.05, 0) is 5.56 Å². The van der Waals surface area contributed by atoms with E-state index >= 15 is 0 Å². The molecule has 0 bridgehead atoms. The van der Waals surface area contributed by atoms with E-state index < -0.39 is 0 Å². The van der Waals surface area contributed by atoms with Crippen LogP contribution in [0, 0.1) is 0 Å². The third-order valence-electron chi connectivity index (χ3n) is 2.73. The van der Waals surface area contributed by atoms with Crippen LogP contribution in [0.15, 0.2) is 60.4 Å². The molecule has 1 aromatic heterocycles. The molecule has 2 rings (SSSR count). The number of benzene rings is 1. The lowest BCUT2D eigenvalue weighted by Gasteiger charge is -2.01. The molecule has 21 heavy (non-hydrogen) atoms. The molecule has 0 aliphatic carbocycles. The normalized spacial score (nSPS) is 10.8. The van der Waals surface area contributed by atoms with Crippen molar-refractivity contribution in [2.45, 2.75) is 13.1 Å². The number of rotatable bonds is 6. The van der Waals surface area contributed by atoms with E-state index in [-0.39, 0.29) is 24.0 Å². The molecule has 6 heteroatoms. The van der Waals surface area contributed by atoms with Gasteiger partial charge in [-0.25, -0.2) is 4.99 Å². The smallest absolute Gasteiger partial charge is 0.189 e. The number of hydrogen-bond donors (Lipinski definition) is 2. The zero-order valence-electron chi connectivity index (χ0n) is 11.8. The number of hydrogen-bond acceptors (Lipinski definition) is 2. The Morgan fingerprint density at radius 2 is 2.10 bits per heavy atom. The van der Waals surface area contributed by atoms with Gasteiger partial charge in [0.1, 0.15) is 0 Å². The highest BCUT2D eigenvalue weighted by atomic mass is 127. The SMILES string of the molecule is C=CCNC(N)=NCc1cnn(Cc2ccccc2)c1.I. The Morgan fingerprint density at radius 3 is 2.81 bits per heavy atom. The quantitative estimate of drug-likeness (QED) is 0.340. The maximum Gasteiger partial charge on any atom is 0.189 e. The minimum Gasteiger partial charge on any atom is -0.370 e.